The zero-order valence-corrected chi connectivity index (χ0v) is 19.3. The molecule has 2 aromatic carbocycles. The molecule has 0 bridgehead atoms. The number of Topliss-reactive ketones (excluding diaryl/α,β-unsaturated/α-hetero) is 1. The maximum absolute atomic E-state index is 12.9. The van der Waals surface area contributed by atoms with E-state index in [1.54, 1.807) is 0 Å². The van der Waals surface area contributed by atoms with Crippen molar-refractivity contribution in [1.82, 2.24) is 15.2 Å². The largest absolute Gasteiger partial charge is 0.481 e. The standard InChI is InChI=1S/C22H26FN3O6S/c1-15(27)17-6-12-20(13-7-17)33(30,31)26(3)14-4-5-21(28)24-25-22(29)16(2)32-19-10-8-18(23)9-11-19/h6-13,16H,4-5,14H2,1-3H3,(H,24,28)(H,25,29)/t16-/m1/s1. The van der Waals surface area contributed by atoms with Crippen molar-refractivity contribution in [2.24, 2.45) is 0 Å². The Morgan fingerprint density at radius 1 is 1.03 bits per heavy atom. The van der Waals surface area contributed by atoms with Crippen LogP contribution in [0, 0.1) is 5.82 Å². The normalized spacial score (nSPS) is 12.2. The average Bonchev–Trinajstić information content (AvgIpc) is 2.78. The van der Waals surface area contributed by atoms with Crippen LogP contribution < -0.4 is 15.6 Å². The second-order valence-electron chi connectivity index (χ2n) is 7.26. The van der Waals surface area contributed by atoms with E-state index in [0.29, 0.717) is 11.3 Å². The molecule has 2 amide bonds. The number of nitrogens with zero attached hydrogens (tertiary/aromatic N) is 1. The van der Waals surface area contributed by atoms with Crippen LogP contribution in [-0.4, -0.2) is 50.0 Å². The number of nitrogens with one attached hydrogen (secondary N) is 2. The van der Waals surface area contributed by atoms with Crippen LogP contribution >= 0.6 is 0 Å². The van der Waals surface area contributed by atoms with Crippen molar-refractivity contribution >= 4 is 27.6 Å². The van der Waals surface area contributed by atoms with Gasteiger partial charge in [0, 0.05) is 25.6 Å². The second kappa shape index (κ2) is 11.5. The third-order valence-electron chi connectivity index (χ3n) is 4.67. The Labute approximate surface area is 191 Å². The first-order valence-electron chi connectivity index (χ1n) is 10.1. The fourth-order valence-electron chi connectivity index (χ4n) is 2.69. The van der Waals surface area contributed by atoms with Crippen LogP contribution in [-0.2, 0) is 19.6 Å². The number of amides is 2. The predicted octanol–water partition coefficient (Wildman–Crippen LogP) is 2.04. The van der Waals surface area contributed by atoms with Crippen molar-refractivity contribution in [3.63, 3.8) is 0 Å². The number of sulfonamides is 1. The molecule has 0 spiro atoms. The molecule has 0 radical (unpaired) electrons. The number of carbonyl (C=O) groups is 3. The Bertz CT molecular complexity index is 1090. The van der Waals surface area contributed by atoms with Gasteiger partial charge < -0.3 is 4.74 Å². The van der Waals surface area contributed by atoms with Gasteiger partial charge in [0.25, 0.3) is 5.91 Å². The number of hydrogen-bond acceptors (Lipinski definition) is 6. The number of ether oxygens (including phenoxy) is 1. The van der Waals surface area contributed by atoms with Crippen molar-refractivity contribution in [3.05, 3.63) is 59.9 Å². The van der Waals surface area contributed by atoms with E-state index in [-0.39, 0.29) is 30.1 Å². The summed E-state index contributed by atoms with van der Waals surface area (Å²) in [5.74, 6) is -1.42. The Kier molecular flexibility index (Phi) is 9.06. The molecule has 0 heterocycles. The first-order valence-corrected chi connectivity index (χ1v) is 11.5. The lowest BCUT2D eigenvalue weighted by Crippen LogP contribution is -2.47. The molecule has 2 aromatic rings. The number of benzene rings is 2. The van der Waals surface area contributed by atoms with Gasteiger partial charge in [0.2, 0.25) is 15.9 Å². The molecule has 0 aliphatic rings. The van der Waals surface area contributed by atoms with Crippen molar-refractivity contribution in [2.75, 3.05) is 13.6 Å². The molecule has 0 saturated carbocycles. The Morgan fingerprint density at radius 3 is 2.21 bits per heavy atom. The summed E-state index contributed by atoms with van der Waals surface area (Å²) in [7, 11) is -2.38. The third-order valence-corrected chi connectivity index (χ3v) is 6.54. The molecule has 1 atom stereocenters. The highest BCUT2D eigenvalue weighted by Gasteiger charge is 2.21. The van der Waals surface area contributed by atoms with Crippen molar-refractivity contribution in [1.29, 1.82) is 0 Å². The van der Waals surface area contributed by atoms with E-state index in [9.17, 15) is 27.2 Å². The summed E-state index contributed by atoms with van der Waals surface area (Å²) < 4.78 is 44.6. The summed E-state index contributed by atoms with van der Waals surface area (Å²) in [4.78, 5) is 35.4. The first-order chi connectivity index (χ1) is 15.5. The van der Waals surface area contributed by atoms with Crippen LogP contribution in [0.15, 0.2) is 53.4 Å². The number of rotatable bonds is 10. The molecular weight excluding hydrogens is 453 g/mol. The molecule has 0 unspecified atom stereocenters. The Morgan fingerprint density at radius 2 is 1.64 bits per heavy atom. The lowest BCUT2D eigenvalue weighted by atomic mass is 10.2. The van der Waals surface area contributed by atoms with Crippen molar-refractivity contribution in [2.45, 2.75) is 37.7 Å². The number of carbonyl (C=O) groups excluding carboxylic acids is 3. The summed E-state index contributed by atoms with van der Waals surface area (Å²) >= 11 is 0. The second-order valence-corrected chi connectivity index (χ2v) is 9.31. The molecule has 33 heavy (non-hydrogen) atoms. The molecule has 0 saturated heterocycles. The van der Waals surface area contributed by atoms with Crippen molar-refractivity contribution < 1.29 is 31.9 Å². The van der Waals surface area contributed by atoms with E-state index in [0.717, 1.165) is 4.31 Å². The topological polar surface area (TPSA) is 122 Å². The van der Waals surface area contributed by atoms with Gasteiger partial charge in [-0.2, -0.15) is 0 Å². The zero-order valence-electron chi connectivity index (χ0n) is 18.5. The first kappa shape index (κ1) is 25.9. The summed E-state index contributed by atoms with van der Waals surface area (Å²) in [6, 6.07) is 10.7. The monoisotopic (exact) mass is 479 g/mol. The molecule has 0 aliphatic carbocycles. The van der Waals surface area contributed by atoms with Gasteiger partial charge in [-0.05, 0) is 56.7 Å². The highest BCUT2D eigenvalue weighted by Crippen LogP contribution is 2.16. The van der Waals surface area contributed by atoms with Gasteiger partial charge in [-0.15, -0.1) is 0 Å². The van der Waals surface area contributed by atoms with Crippen LogP contribution in [0.5, 0.6) is 5.75 Å². The molecule has 2 rings (SSSR count). The number of hydrazine groups is 1. The van der Waals surface area contributed by atoms with Gasteiger partial charge in [0.15, 0.2) is 11.9 Å². The van der Waals surface area contributed by atoms with Crippen LogP contribution in [0.25, 0.3) is 0 Å². The third kappa shape index (κ3) is 7.65. The molecule has 0 fully saturated rings. The molecule has 9 nitrogen and oxygen atoms in total. The molecule has 0 aliphatic heterocycles. The summed E-state index contributed by atoms with van der Waals surface area (Å²) in [5.41, 5.74) is 4.88. The van der Waals surface area contributed by atoms with Crippen LogP contribution in [0.4, 0.5) is 4.39 Å². The molecule has 11 heteroatoms. The summed E-state index contributed by atoms with van der Waals surface area (Å²) in [5, 5.41) is 0. The smallest absolute Gasteiger partial charge is 0.279 e. The van der Waals surface area contributed by atoms with Gasteiger partial charge in [-0.1, -0.05) is 12.1 Å². The average molecular weight is 480 g/mol. The van der Waals surface area contributed by atoms with Gasteiger partial charge >= 0.3 is 0 Å². The molecular formula is C22H26FN3O6S. The van der Waals surface area contributed by atoms with Gasteiger partial charge in [-0.25, -0.2) is 17.1 Å². The predicted molar refractivity (Wildman–Crippen MR) is 118 cm³/mol. The number of hydrogen-bond donors (Lipinski definition) is 2. The van der Waals surface area contributed by atoms with E-state index < -0.39 is 33.8 Å². The van der Waals surface area contributed by atoms with E-state index in [4.69, 9.17) is 4.74 Å². The Hall–Kier alpha value is -3.31. The SMILES string of the molecule is CC(=O)c1ccc(S(=O)(=O)N(C)CCCC(=O)NNC(=O)[C@@H](C)Oc2ccc(F)cc2)cc1. The number of halogens is 1. The summed E-state index contributed by atoms with van der Waals surface area (Å²) in [6.45, 7) is 2.93. The lowest BCUT2D eigenvalue weighted by Gasteiger charge is -2.17. The highest BCUT2D eigenvalue weighted by atomic mass is 32.2. The zero-order chi connectivity index (χ0) is 24.6. The van der Waals surface area contributed by atoms with Crippen molar-refractivity contribution in [3.8, 4) is 5.75 Å². The van der Waals surface area contributed by atoms with E-state index in [1.807, 2.05) is 0 Å². The maximum atomic E-state index is 12.9. The summed E-state index contributed by atoms with van der Waals surface area (Å²) in [6.07, 6.45) is -0.761. The van der Waals surface area contributed by atoms with Crippen LogP contribution in [0.1, 0.15) is 37.0 Å². The van der Waals surface area contributed by atoms with Gasteiger partial charge in [0.1, 0.15) is 11.6 Å². The fraction of sp³-hybridized carbons (Fsp3) is 0.318. The lowest BCUT2D eigenvalue weighted by molar-refractivity contribution is -0.132. The van der Waals surface area contributed by atoms with Gasteiger partial charge in [-0.3, -0.25) is 25.2 Å². The minimum absolute atomic E-state index is 0.0311. The van der Waals surface area contributed by atoms with Crippen LogP contribution in [0.3, 0.4) is 0 Å². The number of ketones is 1. The highest BCUT2D eigenvalue weighted by molar-refractivity contribution is 7.89. The van der Waals surface area contributed by atoms with E-state index >= 15 is 0 Å². The van der Waals surface area contributed by atoms with Crippen LogP contribution in [0.2, 0.25) is 0 Å². The minimum atomic E-state index is -3.77. The molecule has 178 valence electrons. The maximum Gasteiger partial charge on any atom is 0.279 e. The quantitative estimate of drug-likeness (QED) is 0.397. The molecule has 2 N–H and O–H groups in total. The van der Waals surface area contributed by atoms with E-state index in [2.05, 4.69) is 10.9 Å². The van der Waals surface area contributed by atoms with E-state index in [1.165, 1.54) is 69.4 Å². The minimum Gasteiger partial charge on any atom is -0.481 e. The van der Waals surface area contributed by atoms with Gasteiger partial charge in [0.05, 0.1) is 4.90 Å². The molecule has 0 aromatic heterocycles. The Balaban J connectivity index is 1.75. The fourth-order valence-corrected chi connectivity index (χ4v) is 3.90.